The number of benzene rings is 1. The van der Waals surface area contributed by atoms with Gasteiger partial charge in [-0.25, -0.2) is 8.42 Å². The molecule has 0 spiro atoms. The second kappa shape index (κ2) is 5.69. The van der Waals surface area contributed by atoms with E-state index in [4.69, 9.17) is 5.84 Å². The Labute approximate surface area is 116 Å². The maximum atomic E-state index is 11.5. The largest absolute Gasteiger partial charge is 0.271 e. The number of hydrazine groups is 1. The van der Waals surface area contributed by atoms with Gasteiger partial charge in [0.2, 0.25) is 0 Å². The van der Waals surface area contributed by atoms with E-state index in [1.54, 1.807) is 0 Å². The Morgan fingerprint density at radius 2 is 2.28 bits per heavy atom. The zero-order valence-electron chi connectivity index (χ0n) is 9.97. The fourth-order valence-electron chi connectivity index (χ4n) is 2.42. The summed E-state index contributed by atoms with van der Waals surface area (Å²) in [6.45, 7) is 0. The molecule has 0 aliphatic carbocycles. The summed E-state index contributed by atoms with van der Waals surface area (Å²) in [5.74, 6) is 6.21. The maximum absolute atomic E-state index is 11.5. The first-order valence-electron chi connectivity index (χ1n) is 5.91. The van der Waals surface area contributed by atoms with Crippen molar-refractivity contribution in [3.63, 3.8) is 0 Å². The van der Waals surface area contributed by atoms with Crippen molar-refractivity contribution in [3.05, 3.63) is 34.3 Å². The SMILES string of the molecule is NNC(Cc1cccc(Br)c1)C1CCS(=O)(=O)C1. The summed E-state index contributed by atoms with van der Waals surface area (Å²) in [7, 11) is -2.86. The predicted octanol–water partition coefficient (Wildman–Crippen LogP) is 1.26. The summed E-state index contributed by atoms with van der Waals surface area (Å²) in [6.07, 6.45) is 1.45. The van der Waals surface area contributed by atoms with E-state index < -0.39 is 9.84 Å². The van der Waals surface area contributed by atoms with Gasteiger partial charge in [0.05, 0.1) is 11.5 Å². The minimum atomic E-state index is -2.86. The fraction of sp³-hybridized carbons (Fsp3) is 0.500. The molecule has 0 saturated carbocycles. The van der Waals surface area contributed by atoms with E-state index in [0.29, 0.717) is 6.42 Å². The Kier molecular flexibility index (Phi) is 4.42. The Balaban J connectivity index is 2.06. The molecule has 2 rings (SSSR count). The number of nitrogens with one attached hydrogen (secondary N) is 1. The summed E-state index contributed by atoms with van der Waals surface area (Å²) in [4.78, 5) is 0. The summed E-state index contributed by atoms with van der Waals surface area (Å²) < 4.78 is 24.0. The molecule has 1 saturated heterocycles. The molecule has 1 aromatic carbocycles. The van der Waals surface area contributed by atoms with E-state index >= 15 is 0 Å². The van der Waals surface area contributed by atoms with Crippen molar-refractivity contribution in [2.24, 2.45) is 11.8 Å². The van der Waals surface area contributed by atoms with Gasteiger partial charge in [0.25, 0.3) is 0 Å². The average molecular weight is 333 g/mol. The first-order valence-corrected chi connectivity index (χ1v) is 8.52. The molecule has 0 amide bonds. The second-order valence-corrected chi connectivity index (χ2v) is 7.91. The molecule has 2 unspecified atom stereocenters. The van der Waals surface area contributed by atoms with Crippen LogP contribution >= 0.6 is 15.9 Å². The monoisotopic (exact) mass is 332 g/mol. The minimum Gasteiger partial charge on any atom is -0.271 e. The second-order valence-electron chi connectivity index (χ2n) is 4.77. The van der Waals surface area contributed by atoms with Crippen LogP contribution in [0.1, 0.15) is 12.0 Å². The Hall–Kier alpha value is -0.430. The molecule has 1 aromatic rings. The van der Waals surface area contributed by atoms with Crippen molar-refractivity contribution < 1.29 is 8.42 Å². The topological polar surface area (TPSA) is 72.2 Å². The van der Waals surface area contributed by atoms with Crippen molar-refractivity contribution >= 4 is 25.8 Å². The Bertz CT molecular complexity index is 519. The number of rotatable bonds is 4. The molecule has 3 N–H and O–H groups in total. The van der Waals surface area contributed by atoms with E-state index in [-0.39, 0.29) is 23.5 Å². The van der Waals surface area contributed by atoms with E-state index in [0.717, 1.165) is 16.5 Å². The third kappa shape index (κ3) is 3.54. The molecule has 4 nitrogen and oxygen atoms in total. The fourth-order valence-corrected chi connectivity index (χ4v) is 4.75. The normalized spacial score (nSPS) is 24.0. The van der Waals surface area contributed by atoms with Gasteiger partial charge in [-0.15, -0.1) is 0 Å². The molecule has 18 heavy (non-hydrogen) atoms. The smallest absolute Gasteiger partial charge is 0.150 e. The molecule has 1 fully saturated rings. The van der Waals surface area contributed by atoms with E-state index in [2.05, 4.69) is 21.4 Å². The number of hydrogen-bond acceptors (Lipinski definition) is 4. The first kappa shape index (κ1) is 14.0. The lowest BCUT2D eigenvalue weighted by Gasteiger charge is -2.21. The van der Waals surface area contributed by atoms with Gasteiger partial charge in [-0.2, -0.15) is 0 Å². The van der Waals surface area contributed by atoms with Crippen LogP contribution in [0.25, 0.3) is 0 Å². The highest BCUT2D eigenvalue weighted by Gasteiger charge is 2.33. The van der Waals surface area contributed by atoms with Gasteiger partial charge in [-0.3, -0.25) is 11.3 Å². The Morgan fingerprint density at radius 1 is 1.50 bits per heavy atom. The first-order chi connectivity index (χ1) is 8.50. The summed E-state index contributed by atoms with van der Waals surface area (Å²) in [5, 5.41) is 0. The molecule has 1 aliphatic rings. The summed E-state index contributed by atoms with van der Waals surface area (Å²) in [6, 6.07) is 8.01. The van der Waals surface area contributed by atoms with E-state index in [9.17, 15) is 8.42 Å². The van der Waals surface area contributed by atoms with Crippen molar-refractivity contribution in [2.45, 2.75) is 18.9 Å². The van der Waals surface area contributed by atoms with Crippen molar-refractivity contribution in [2.75, 3.05) is 11.5 Å². The molecule has 0 aromatic heterocycles. The predicted molar refractivity (Wildman–Crippen MR) is 75.7 cm³/mol. The lowest BCUT2D eigenvalue weighted by Crippen LogP contribution is -2.43. The quantitative estimate of drug-likeness (QED) is 0.643. The molecule has 2 atom stereocenters. The van der Waals surface area contributed by atoms with Crippen LogP contribution in [-0.2, 0) is 16.3 Å². The van der Waals surface area contributed by atoms with Crippen LogP contribution < -0.4 is 11.3 Å². The van der Waals surface area contributed by atoms with Gasteiger partial charge < -0.3 is 0 Å². The molecular weight excluding hydrogens is 316 g/mol. The zero-order chi connectivity index (χ0) is 13.2. The molecule has 0 radical (unpaired) electrons. The van der Waals surface area contributed by atoms with E-state index in [1.165, 1.54) is 0 Å². The van der Waals surface area contributed by atoms with Crippen LogP contribution in [-0.4, -0.2) is 26.0 Å². The highest BCUT2D eigenvalue weighted by molar-refractivity contribution is 9.10. The molecule has 0 bridgehead atoms. The van der Waals surface area contributed by atoms with E-state index in [1.807, 2.05) is 24.3 Å². The van der Waals surface area contributed by atoms with Gasteiger partial charge in [0.1, 0.15) is 0 Å². The van der Waals surface area contributed by atoms with Gasteiger partial charge >= 0.3 is 0 Å². The lowest BCUT2D eigenvalue weighted by molar-refractivity contribution is 0.385. The number of halogens is 1. The van der Waals surface area contributed by atoms with Crippen LogP contribution in [0.2, 0.25) is 0 Å². The lowest BCUT2D eigenvalue weighted by atomic mass is 9.93. The molecule has 1 heterocycles. The number of nitrogens with two attached hydrogens (primary N) is 1. The molecule has 100 valence electrons. The number of hydrogen-bond donors (Lipinski definition) is 2. The van der Waals surface area contributed by atoms with Crippen molar-refractivity contribution in [3.8, 4) is 0 Å². The maximum Gasteiger partial charge on any atom is 0.150 e. The minimum absolute atomic E-state index is 0.0107. The molecule has 6 heteroatoms. The van der Waals surface area contributed by atoms with Gasteiger partial charge in [0, 0.05) is 10.5 Å². The highest BCUT2D eigenvalue weighted by Crippen LogP contribution is 2.24. The third-order valence-electron chi connectivity index (χ3n) is 3.40. The van der Waals surface area contributed by atoms with Crippen LogP contribution in [0.5, 0.6) is 0 Å². The standard InChI is InChI=1S/C12H17BrN2O2S/c13-11-3-1-2-9(6-11)7-12(15-14)10-4-5-18(16,17)8-10/h1-3,6,10,12,15H,4-5,7-8,14H2. The highest BCUT2D eigenvalue weighted by atomic mass is 79.9. The van der Waals surface area contributed by atoms with Crippen LogP contribution in [0.4, 0.5) is 0 Å². The van der Waals surface area contributed by atoms with Gasteiger partial charge in [-0.1, -0.05) is 28.1 Å². The number of sulfone groups is 1. The summed E-state index contributed by atoms with van der Waals surface area (Å²) in [5.41, 5.74) is 3.92. The van der Waals surface area contributed by atoms with Gasteiger partial charge in [0.15, 0.2) is 9.84 Å². The zero-order valence-corrected chi connectivity index (χ0v) is 12.4. The third-order valence-corrected chi connectivity index (χ3v) is 5.68. The van der Waals surface area contributed by atoms with Gasteiger partial charge in [-0.05, 0) is 36.5 Å². The summed E-state index contributed by atoms with van der Waals surface area (Å²) >= 11 is 3.43. The molecular formula is C12H17BrN2O2S. The Morgan fingerprint density at radius 3 is 2.83 bits per heavy atom. The van der Waals surface area contributed by atoms with Crippen LogP contribution in [0.3, 0.4) is 0 Å². The van der Waals surface area contributed by atoms with Crippen LogP contribution in [0.15, 0.2) is 28.7 Å². The van der Waals surface area contributed by atoms with Crippen molar-refractivity contribution in [1.82, 2.24) is 5.43 Å². The van der Waals surface area contributed by atoms with Crippen LogP contribution in [0, 0.1) is 5.92 Å². The average Bonchev–Trinajstić information content (AvgIpc) is 2.66. The molecule has 1 aliphatic heterocycles. The van der Waals surface area contributed by atoms with Crippen molar-refractivity contribution in [1.29, 1.82) is 0 Å².